The Hall–Kier alpha value is -1.16. The maximum Gasteiger partial charge on any atom is 0.178 e. The number of hydrogen-bond donors (Lipinski definition) is 1. The van der Waals surface area contributed by atoms with E-state index in [9.17, 15) is 4.79 Å². The SMILES string of the molecule is CC1(C)CCC(=O)/C(=N/Nc2ccc(Br)cc2)C1. The van der Waals surface area contributed by atoms with E-state index in [1.54, 1.807) is 0 Å². The van der Waals surface area contributed by atoms with Crippen LogP contribution in [0.4, 0.5) is 5.69 Å². The van der Waals surface area contributed by atoms with Gasteiger partial charge in [-0.05, 0) is 36.1 Å². The molecule has 3 nitrogen and oxygen atoms in total. The number of carbonyl (C=O) groups excluding carboxylic acids is 1. The number of carbonyl (C=O) groups is 1. The van der Waals surface area contributed by atoms with Gasteiger partial charge in [-0.3, -0.25) is 10.2 Å². The molecule has 2 rings (SSSR count). The number of nitrogens with zero attached hydrogens (tertiary/aromatic N) is 1. The molecule has 1 N–H and O–H groups in total. The van der Waals surface area contributed by atoms with Crippen LogP contribution in [-0.2, 0) is 4.79 Å². The van der Waals surface area contributed by atoms with Crippen LogP contribution in [-0.4, -0.2) is 11.5 Å². The van der Waals surface area contributed by atoms with Crippen LogP contribution in [0.2, 0.25) is 0 Å². The van der Waals surface area contributed by atoms with Gasteiger partial charge in [0, 0.05) is 17.3 Å². The Labute approximate surface area is 116 Å². The van der Waals surface area contributed by atoms with E-state index in [4.69, 9.17) is 0 Å². The monoisotopic (exact) mass is 308 g/mol. The summed E-state index contributed by atoms with van der Waals surface area (Å²) in [5.74, 6) is 0.166. The van der Waals surface area contributed by atoms with Crippen LogP contribution in [0, 0.1) is 5.41 Å². The molecular formula is C14H17BrN2O. The van der Waals surface area contributed by atoms with Gasteiger partial charge in [0.25, 0.3) is 0 Å². The van der Waals surface area contributed by atoms with Gasteiger partial charge in [0.2, 0.25) is 0 Å². The Bertz CT molecular complexity index is 477. The highest BCUT2D eigenvalue weighted by molar-refractivity contribution is 9.10. The molecule has 0 heterocycles. The maximum absolute atomic E-state index is 11.8. The molecule has 0 atom stereocenters. The first-order chi connectivity index (χ1) is 8.46. The largest absolute Gasteiger partial charge is 0.293 e. The fraction of sp³-hybridized carbons (Fsp3) is 0.429. The lowest BCUT2D eigenvalue weighted by molar-refractivity contribution is -0.114. The number of Topliss-reactive ketones (excluding diaryl/α,β-unsaturated/α-hetero) is 1. The Kier molecular flexibility index (Phi) is 3.85. The Balaban J connectivity index is 2.08. The van der Waals surface area contributed by atoms with Crippen molar-refractivity contribution in [3.05, 3.63) is 28.7 Å². The average molecular weight is 309 g/mol. The molecule has 1 aromatic carbocycles. The summed E-state index contributed by atoms with van der Waals surface area (Å²) in [4.78, 5) is 11.8. The highest BCUT2D eigenvalue weighted by atomic mass is 79.9. The van der Waals surface area contributed by atoms with Gasteiger partial charge < -0.3 is 0 Å². The van der Waals surface area contributed by atoms with E-state index in [0.717, 1.165) is 23.0 Å². The van der Waals surface area contributed by atoms with Crippen LogP contribution in [0.1, 0.15) is 33.1 Å². The molecule has 1 aliphatic rings. The van der Waals surface area contributed by atoms with E-state index >= 15 is 0 Å². The van der Waals surface area contributed by atoms with Crippen LogP contribution in [0.3, 0.4) is 0 Å². The summed E-state index contributed by atoms with van der Waals surface area (Å²) in [6.45, 7) is 4.35. The Morgan fingerprint density at radius 1 is 1.28 bits per heavy atom. The van der Waals surface area contributed by atoms with Crippen LogP contribution >= 0.6 is 15.9 Å². The Morgan fingerprint density at radius 2 is 1.94 bits per heavy atom. The number of hydrogen-bond acceptors (Lipinski definition) is 3. The molecule has 0 saturated heterocycles. The summed E-state index contributed by atoms with van der Waals surface area (Å²) in [6, 6.07) is 7.73. The van der Waals surface area contributed by atoms with E-state index < -0.39 is 0 Å². The summed E-state index contributed by atoms with van der Waals surface area (Å²) in [5, 5.41) is 4.26. The molecule has 18 heavy (non-hydrogen) atoms. The second kappa shape index (κ2) is 5.22. The van der Waals surface area contributed by atoms with Gasteiger partial charge in [-0.1, -0.05) is 29.8 Å². The van der Waals surface area contributed by atoms with Gasteiger partial charge in [0.1, 0.15) is 5.71 Å². The highest BCUT2D eigenvalue weighted by Gasteiger charge is 2.30. The summed E-state index contributed by atoms with van der Waals surface area (Å²) >= 11 is 3.38. The van der Waals surface area contributed by atoms with Crippen molar-refractivity contribution in [2.24, 2.45) is 10.5 Å². The van der Waals surface area contributed by atoms with Gasteiger partial charge in [-0.25, -0.2) is 0 Å². The predicted molar refractivity (Wildman–Crippen MR) is 77.8 cm³/mol. The Morgan fingerprint density at radius 3 is 2.61 bits per heavy atom. The third-order valence-corrected chi connectivity index (χ3v) is 3.69. The van der Waals surface area contributed by atoms with Crippen LogP contribution in [0.25, 0.3) is 0 Å². The number of rotatable bonds is 2. The van der Waals surface area contributed by atoms with Gasteiger partial charge >= 0.3 is 0 Å². The summed E-state index contributed by atoms with van der Waals surface area (Å²) in [7, 11) is 0. The second-order valence-electron chi connectivity index (χ2n) is 5.44. The van der Waals surface area contributed by atoms with E-state index in [-0.39, 0.29) is 11.2 Å². The second-order valence-corrected chi connectivity index (χ2v) is 6.36. The average Bonchev–Trinajstić information content (AvgIpc) is 2.32. The number of halogens is 1. The normalized spacial score (nSPS) is 21.1. The highest BCUT2D eigenvalue weighted by Crippen LogP contribution is 2.32. The fourth-order valence-corrected chi connectivity index (χ4v) is 2.26. The van der Waals surface area contributed by atoms with Crippen molar-refractivity contribution < 1.29 is 4.79 Å². The minimum absolute atomic E-state index is 0.166. The minimum Gasteiger partial charge on any atom is -0.293 e. The number of hydrazone groups is 1. The smallest absolute Gasteiger partial charge is 0.178 e. The molecule has 0 bridgehead atoms. The van der Waals surface area contributed by atoms with E-state index in [0.29, 0.717) is 12.1 Å². The number of benzene rings is 1. The van der Waals surface area contributed by atoms with Crippen molar-refractivity contribution in [1.29, 1.82) is 0 Å². The quantitative estimate of drug-likeness (QED) is 0.839. The van der Waals surface area contributed by atoms with Crippen molar-refractivity contribution in [2.45, 2.75) is 33.1 Å². The first-order valence-corrected chi connectivity index (χ1v) is 6.87. The lowest BCUT2D eigenvalue weighted by Crippen LogP contribution is -2.30. The molecule has 1 aromatic rings. The number of nitrogens with one attached hydrogen (secondary N) is 1. The van der Waals surface area contributed by atoms with E-state index in [1.807, 2.05) is 24.3 Å². The summed E-state index contributed by atoms with van der Waals surface area (Å²) in [5.41, 5.74) is 4.68. The summed E-state index contributed by atoms with van der Waals surface area (Å²) in [6.07, 6.45) is 2.30. The molecule has 1 aliphatic carbocycles. The molecule has 0 aliphatic heterocycles. The maximum atomic E-state index is 11.8. The van der Waals surface area contributed by atoms with E-state index in [1.165, 1.54) is 0 Å². The van der Waals surface area contributed by atoms with Crippen molar-refractivity contribution in [3.8, 4) is 0 Å². The molecule has 4 heteroatoms. The van der Waals surface area contributed by atoms with Crippen molar-refractivity contribution in [3.63, 3.8) is 0 Å². The molecule has 0 aromatic heterocycles. The third-order valence-electron chi connectivity index (χ3n) is 3.16. The van der Waals surface area contributed by atoms with Gasteiger partial charge in [-0.15, -0.1) is 0 Å². The van der Waals surface area contributed by atoms with Gasteiger partial charge in [0.05, 0.1) is 5.69 Å². The molecular weight excluding hydrogens is 292 g/mol. The zero-order valence-corrected chi connectivity index (χ0v) is 12.3. The van der Waals surface area contributed by atoms with Gasteiger partial charge in [-0.2, -0.15) is 5.10 Å². The predicted octanol–water partition coefficient (Wildman–Crippen LogP) is 4.00. The van der Waals surface area contributed by atoms with Crippen LogP contribution in [0.5, 0.6) is 0 Å². The van der Waals surface area contributed by atoms with Crippen molar-refractivity contribution in [1.82, 2.24) is 0 Å². The lowest BCUT2D eigenvalue weighted by Gasteiger charge is -2.29. The van der Waals surface area contributed by atoms with Gasteiger partial charge in [0.15, 0.2) is 5.78 Å². The third kappa shape index (κ3) is 3.42. The van der Waals surface area contributed by atoms with Crippen LogP contribution in [0.15, 0.2) is 33.8 Å². The zero-order valence-electron chi connectivity index (χ0n) is 10.7. The van der Waals surface area contributed by atoms with Crippen molar-refractivity contribution >= 4 is 33.1 Å². The number of anilines is 1. The first-order valence-electron chi connectivity index (χ1n) is 6.08. The molecule has 0 unspecified atom stereocenters. The molecule has 0 spiro atoms. The fourth-order valence-electron chi connectivity index (χ4n) is 1.99. The van der Waals surface area contributed by atoms with Crippen LogP contribution < -0.4 is 5.43 Å². The topological polar surface area (TPSA) is 41.5 Å². The van der Waals surface area contributed by atoms with Crippen molar-refractivity contribution in [2.75, 3.05) is 5.43 Å². The molecule has 96 valence electrons. The first kappa shape index (κ1) is 13.3. The molecule has 0 radical (unpaired) electrons. The lowest BCUT2D eigenvalue weighted by atomic mass is 9.76. The standard InChI is InChI=1S/C14H17BrN2O/c1-14(2)8-7-13(18)12(9-14)17-16-11-5-3-10(15)4-6-11/h3-6,16H,7-9H2,1-2H3/b17-12+. The summed E-state index contributed by atoms with van der Waals surface area (Å²) < 4.78 is 1.02. The zero-order chi connectivity index (χ0) is 13.2. The molecule has 1 saturated carbocycles. The molecule has 0 amide bonds. The molecule has 1 fully saturated rings. The number of ketones is 1. The van der Waals surface area contributed by atoms with E-state index in [2.05, 4.69) is 40.3 Å². The minimum atomic E-state index is 0.166.